The minimum Gasteiger partial charge on any atom is -0.457 e. The number of para-hydroxylation sites is 1. The normalized spacial score (nSPS) is 15.5. The fourth-order valence-corrected chi connectivity index (χ4v) is 3.54. The highest BCUT2D eigenvalue weighted by Gasteiger charge is 2.34. The molecule has 1 saturated heterocycles. The van der Waals surface area contributed by atoms with Gasteiger partial charge in [-0.05, 0) is 55.0 Å². The summed E-state index contributed by atoms with van der Waals surface area (Å²) in [6.45, 7) is 2.01. The highest BCUT2D eigenvalue weighted by atomic mass is 79.9. The number of carbonyl (C=O) groups is 2. The van der Waals surface area contributed by atoms with E-state index in [4.69, 9.17) is 4.42 Å². The molecule has 1 fully saturated rings. The molecular formula is C21H15BrN2O3. The summed E-state index contributed by atoms with van der Waals surface area (Å²) in [5.74, 6) is 0.212. The second-order valence-corrected chi connectivity index (χ2v) is 7.01. The highest BCUT2D eigenvalue weighted by molar-refractivity contribution is 9.10. The second kappa shape index (κ2) is 6.89. The van der Waals surface area contributed by atoms with Crippen LogP contribution in [0.4, 0.5) is 5.69 Å². The molecule has 0 aliphatic carbocycles. The van der Waals surface area contributed by atoms with Gasteiger partial charge in [-0.25, -0.2) is 5.01 Å². The first kappa shape index (κ1) is 17.3. The number of nitrogens with one attached hydrogen (secondary N) is 1. The fourth-order valence-electron chi connectivity index (χ4n) is 2.85. The Bertz CT molecular complexity index is 1070. The number of nitrogens with zero attached hydrogens (tertiary/aromatic N) is 1. The van der Waals surface area contributed by atoms with E-state index in [2.05, 4.69) is 21.4 Å². The Kier molecular flexibility index (Phi) is 4.41. The van der Waals surface area contributed by atoms with Crippen molar-refractivity contribution in [2.24, 2.45) is 0 Å². The maximum absolute atomic E-state index is 12.6. The summed E-state index contributed by atoms with van der Waals surface area (Å²) in [5.41, 5.74) is 5.24. The van der Waals surface area contributed by atoms with Crippen molar-refractivity contribution in [2.45, 2.75) is 6.92 Å². The molecule has 2 aromatic carbocycles. The van der Waals surface area contributed by atoms with Gasteiger partial charge in [-0.3, -0.25) is 15.0 Å². The number of rotatable bonds is 3. The number of aryl methyl sites for hydroxylation is 1. The largest absolute Gasteiger partial charge is 0.457 e. The molecule has 5 nitrogen and oxygen atoms in total. The fraction of sp³-hybridized carbons (Fsp3) is 0.0476. The lowest BCUT2D eigenvalue weighted by Gasteiger charge is -2.13. The molecule has 1 aliphatic rings. The molecule has 0 unspecified atom stereocenters. The van der Waals surface area contributed by atoms with Crippen LogP contribution in [0.3, 0.4) is 0 Å². The van der Waals surface area contributed by atoms with Crippen LogP contribution in [0, 0.1) is 6.92 Å². The van der Waals surface area contributed by atoms with E-state index in [1.807, 2.05) is 37.3 Å². The van der Waals surface area contributed by atoms with Crippen LogP contribution in [0.5, 0.6) is 0 Å². The number of amides is 2. The van der Waals surface area contributed by atoms with Crippen LogP contribution in [-0.4, -0.2) is 11.8 Å². The molecule has 27 heavy (non-hydrogen) atoms. The summed E-state index contributed by atoms with van der Waals surface area (Å²) in [4.78, 5) is 24.9. The van der Waals surface area contributed by atoms with Crippen LogP contribution in [0.1, 0.15) is 11.3 Å². The molecule has 0 bridgehead atoms. The van der Waals surface area contributed by atoms with Crippen molar-refractivity contribution in [1.29, 1.82) is 0 Å². The quantitative estimate of drug-likeness (QED) is 0.499. The van der Waals surface area contributed by atoms with Gasteiger partial charge in [0, 0.05) is 10.0 Å². The number of hydrazine groups is 1. The van der Waals surface area contributed by atoms with Crippen molar-refractivity contribution in [2.75, 3.05) is 5.01 Å². The Morgan fingerprint density at radius 3 is 2.56 bits per heavy atom. The van der Waals surface area contributed by atoms with Crippen LogP contribution < -0.4 is 10.4 Å². The van der Waals surface area contributed by atoms with Gasteiger partial charge < -0.3 is 4.42 Å². The average molecular weight is 423 g/mol. The minimum atomic E-state index is -0.460. The monoisotopic (exact) mass is 422 g/mol. The molecule has 0 atom stereocenters. The van der Waals surface area contributed by atoms with Crippen LogP contribution in [0.15, 0.2) is 75.1 Å². The molecule has 1 aromatic heterocycles. The summed E-state index contributed by atoms with van der Waals surface area (Å²) in [6, 6.07) is 18.4. The molecule has 0 saturated carbocycles. The van der Waals surface area contributed by atoms with Gasteiger partial charge in [0.2, 0.25) is 0 Å². The molecule has 0 spiro atoms. The third kappa shape index (κ3) is 3.31. The highest BCUT2D eigenvalue weighted by Crippen LogP contribution is 2.31. The van der Waals surface area contributed by atoms with Crippen molar-refractivity contribution in [3.63, 3.8) is 0 Å². The Morgan fingerprint density at radius 2 is 1.81 bits per heavy atom. The zero-order valence-electron chi connectivity index (χ0n) is 14.4. The third-order valence-corrected chi connectivity index (χ3v) is 4.87. The molecule has 0 radical (unpaired) electrons. The summed E-state index contributed by atoms with van der Waals surface area (Å²) < 4.78 is 6.75. The topological polar surface area (TPSA) is 62.6 Å². The van der Waals surface area contributed by atoms with Crippen LogP contribution >= 0.6 is 15.9 Å². The summed E-state index contributed by atoms with van der Waals surface area (Å²) in [5, 5.41) is 1.23. The smallest absolute Gasteiger partial charge is 0.282 e. The first-order valence-electron chi connectivity index (χ1n) is 8.31. The minimum absolute atomic E-state index is 0.0303. The summed E-state index contributed by atoms with van der Waals surface area (Å²) >= 11 is 3.53. The van der Waals surface area contributed by atoms with Crippen molar-refractivity contribution < 1.29 is 14.0 Å². The zero-order valence-corrected chi connectivity index (χ0v) is 16.0. The van der Waals surface area contributed by atoms with Crippen LogP contribution in [-0.2, 0) is 9.59 Å². The van der Waals surface area contributed by atoms with Gasteiger partial charge in [0.15, 0.2) is 0 Å². The maximum Gasteiger partial charge on any atom is 0.282 e. The van der Waals surface area contributed by atoms with Gasteiger partial charge in [-0.1, -0.05) is 40.2 Å². The predicted octanol–water partition coefficient (Wildman–Crippen LogP) is 4.48. The van der Waals surface area contributed by atoms with E-state index in [0.29, 0.717) is 17.2 Å². The van der Waals surface area contributed by atoms with Crippen molar-refractivity contribution >= 4 is 39.5 Å². The number of hydrogen-bond donors (Lipinski definition) is 1. The number of benzene rings is 2. The molecule has 2 amide bonds. The second-order valence-electron chi connectivity index (χ2n) is 6.16. The van der Waals surface area contributed by atoms with Crippen LogP contribution in [0.2, 0.25) is 0 Å². The van der Waals surface area contributed by atoms with Gasteiger partial charge >= 0.3 is 0 Å². The Labute approximate surface area is 164 Å². The Balaban J connectivity index is 1.63. The van der Waals surface area contributed by atoms with E-state index in [-0.39, 0.29) is 5.57 Å². The number of anilines is 1. The molecular weight excluding hydrogens is 408 g/mol. The number of halogens is 1. The lowest BCUT2D eigenvalue weighted by atomic mass is 10.1. The van der Waals surface area contributed by atoms with Gasteiger partial charge in [0.05, 0.1) is 5.69 Å². The van der Waals surface area contributed by atoms with Crippen molar-refractivity contribution in [3.05, 3.63) is 82.0 Å². The van der Waals surface area contributed by atoms with Gasteiger partial charge in [0.1, 0.15) is 17.1 Å². The van der Waals surface area contributed by atoms with E-state index in [0.717, 1.165) is 15.6 Å². The number of carbonyl (C=O) groups excluding carboxylic acids is 2. The molecule has 1 aliphatic heterocycles. The van der Waals surface area contributed by atoms with Crippen molar-refractivity contribution in [1.82, 2.24) is 5.43 Å². The summed E-state index contributed by atoms with van der Waals surface area (Å²) in [6.07, 6.45) is 1.46. The number of hydrogen-bond acceptors (Lipinski definition) is 3. The summed E-state index contributed by atoms with van der Waals surface area (Å²) in [7, 11) is 0. The first-order valence-corrected chi connectivity index (χ1v) is 9.11. The van der Waals surface area contributed by atoms with E-state index in [9.17, 15) is 9.59 Å². The Hall–Kier alpha value is -3.12. The Morgan fingerprint density at radius 1 is 1.04 bits per heavy atom. The molecule has 134 valence electrons. The molecule has 2 heterocycles. The lowest BCUT2D eigenvalue weighted by Crippen LogP contribution is -2.35. The van der Waals surface area contributed by atoms with E-state index < -0.39 is 11.8 Å². The SMILES string of the molecule is Cc1ccc(-c2ccc(/C=C3/C(=O)NN(c4ccccc4)C3=O)o2)c(Br)c1. The van der Waals surface area contributed by atoms with Crippen LogP contribution in [0.25, 0.3) is 17.4 Å². The average Bonchev–Trinajstić information content (AvgIpc) is 3.22. The van der Waals surface area contributed by atoms with Gasteiger partial charge in [0.25, 0.3) is 11.8 Å². The maximum atomic E-state index is 12.6. The van der Waals surface area contributed by atoms with Crippen molar-refractivity contribution in [3.8, 4) is 11.3 Å². The standard InChI is InChI=1S/C21H15BrN2O3/c1-13-7-9-16(18(22)11-13)19-10-8-15(27-19)12-17-20(25)23-24(21(17)26)14-5-3-2-4-6-14/h2-12H,1H3,(H,23,25)/b17-12-. The molecule has 1 N–H and O–H groups in total. The third-order valence-electron chi connectivity index (χ3n) is 4.21. The van der Waals surface area contributed by atoms with Gasteiger partial charge in [-0.15, -0.1) is 0 Å². The van der Waals surface area contributed by atoms with Gasteiger partial charge in [-0.2, -0.15) is 0 Å². The first-order chi connectivity index (χ1) is 13.0. The van der Waals surface area contributed by atoms with E-state index in [1.165, 1.54) is 11.1 Å². The lowest BCUT2D eigenvalue weighted by molar-refractivity contribution is -0.117. The number of furan rings is 1. The van der Waals surface area contributed by atoms with E-state index in [1.54, 1.807) is 30.3 Å². The zero-order chi connectivity index (χ0) is 19.0. The van der Waals surface area contributed by atoms with E-state index >= 15 is 0 Å². The predicted molar refractivity (Wildman–Crippen MR) is 107 cm³/mol. The molecule has 3 aromatic rings. The molecule has 6 heteroatoms. The molecule has 4 rings (SSSR count).